The number of nitrogens with one attached hydrogen (secondary N) is 1. The summed E-state index contributed by atoms with van der Waals surface area (Å²) in [6.07, 6.45) is 4.31. The van der Waals surface area contributed by atoms with E-state index in [9.17, 15) is 9.59 Å². The zero-order valence-corrected chi connectivity index (χ0v) is 22.6. The van der Waals surface area contributed by atoms with Crippen LogP contribution in [0.3, 0.4) is 0 Å². The molecule has 3 aromatic rings. The van der Waals surface area contributed by atoms with E-state index in [0.717, 1.165) is 53.2 Å². The van der Waals surface area contributed by atoms with Gasteiger partial charge >= 0.3 is 0 Å². The number of amides is 1. The third-order valence-electron chi connectivity index (χ3n) is 7.52. The molecule has 5 rings (SSSR count). The summed E-state index contributed by atoms with van der Waals surface area (Å²) in [5, 5.41) is 4.27. The predicted octanol–water partition coefficient (Wildman–Crippen LogP) is 7.83. The Morgan fingerprint density at radius 1 is 0.974 bits per heavy atom. The van der Waals surface area contributed by atoms with E-state index in [0.29, 0.717) is 29.9 Å². The number of carbonyl (C=O) groups is 2. The second kappa shape index (κ2) is 11.4. The number of halogens is 1. The number of benzene rings is 3. The van der Waals surface area contributed by atoms with Gasteiger partial charge in [-0.3, -0.25) is 14.5 Å². The van der Waals surface area contributed by atoms with Crippen LogP contribution in [-0.2, 0) is 9.59 Å². The van der Waals surface area contributed by atoms with Gasteiger partial charge in [-0.1, -0.05) is 67.8 Å². The van der Waals surface area contributed by atoms with Gasteiger partial charge in [0, 0.05) is 29.1 Å². The molecule has 1 aliphatic carbocycles. The summed E-state index contributed by atoms with van der Waals surface area (Å²) in [5.74, 6) is 0.837. The van der Waals surface area contributed by atoms with Crippen LogP contribution in [0.2, 0.25) is 5.02 Å². The maximum absolute atomic E-state index is 14.0. The SMILES string of the molecule is CCCCCC(=O)N1c2ccccc2NC2=C(C(=O)CC(c3ccc(Cl)cc3)C2)C1c1ccc(OC)cc1. The van der Waals surface area contributed by atoms with Crippen molar-refractivity contribution >= 4 is 34.7 Å². The molecule has 0 aromatic heterocycles. The second-order valence-electron chi connectivity index (χ2n) is 10.0. The van der Waals surface area contributed by atoms with Crippen molar-refractivity contribution in [3.8, 4) is 5.75 Å². The zero-order valence-electron chi connectivity index (χ0n) is 21.9. The Labute approximate surface area is 229 Å². The van der Waals surface area contributed by atoms with Gasteiger partial charge in [0.05, 0.1) is 24.5 Å². The molecule has 196 valence electrons. The molecule has 0 spiro atoms. The number of para-hydroxylation sites is 2. The van der Waals surface area contributed by atoms with E-state index in [2.05, 4.69) is 12.2 Å². The number of hydrogen-bond donors (Lipinski definition) is 1. The molecule has 3 aromatic carbocycles. The minimum Gasteiger partial charge on any atom is -0.497 e. The Kier molecular flexibility index (Phi) is 7.85. The van der Waals surface area contributed by atoms with Crippen LogP contribution in [0.15, 0.2) is 84.1 Å². The molecule has 0 saturated heterocycles. The van der Waals surface area contributed by atoms with E-state index < -0.39 is 6.04 Å². The van der Waals surface area contributed by atoms with Crippen molar-refractivity contribution in [2.75, 3.05) is 17.3 Å². The number of hydrogen-bond acceptors (Lipinski definition) is 4. The van der Waals surface area contributed by atoms with E-state index >= 15 is 0 Å². The smallest absolute Gasteiger partial charge is 0.227 e. The van der Waals surface area contributed by atoms with Crippen LogP contribution < -0.4 is 15.0 Å². The highest BCUT2D eigenvalue weighted by Gasteiger charge is 2.41. The van der Waals surface area contributed by atoms with Crippen molar-refractivity contribution in [2.45, 2.75) is 57.4 Å². The van der Waals surface area contributed by atoms with E-state index in [1.54, 1.807) is 7.11 Å². The van der Waals surface area contributed by atoms with E-state index in [4.69, 9.17) is 16.3 Å². The van der Waals surface area contributed by atoms with Gasteiger partial charge in [-0.2, -0.15) is 0 Å². The lowest BCUT2D eigenvalue weighted by Gasteiger charge is -2.35. The number of ketones is 1. The Morgan fingerprint density at radius 3 is 2.39 bits per heavy atom. The lowest BCUT2D eigenvalue weighted by atomic mass is 9.78. The highest BCUT2D eigenvalue weighted by Crippen LogP contribution is 2.47. The standard InChI is InChI=1S/C32H33ClN2O3/c1-3-4-5-10-30(37)35-28-9-7-6-8-26(28)34-27-19-23(21-11-15-24(33)16-12-21)20-29(36)31(27)32(35)22-13-17-25(38-2)18-14-22/h6-9,11-18,23,32,34H,3-5,10,19-20H2,1-2H3. The molecular formula is C32H33ClN2O3. The minimum absolute atomic E-state index is 0.0230. The van der Waals surface area contributed by atoms with Crippen LogP contribution in [0.5, 0.6) is 5.75 Å². The van der Waals surface area contributed by atoms with Gasteiger partial charge in [0.15, 0.2) is 5.78 Å². The van der Waals surface area contributed by atoms with Crippen LogP contribution >= 0.6 is 11.6 Å². The topological polar surface area (TPSA) is 58.6 Å². The van der Waals surface area contributed by atoms with Crippen molar-refractivity contribution in [2.24, 2.45) is 0 Å². The Bertz CT molecular complexity index is 1350. The molecule has 0 radical (unpaired) electrons. The summed E-state index contributed by atoms with van der Waals surface area (Å²) in [6, 6.07) is 22.8. The number of Topliss-reactive ketones (excluding diaryl/α,β-unsaturated/α-hetero) is 1. The van der Waals surface area contributed by atoms with Crippen LogP contribution in [0, 0.1) is 0 Å². The molecule has 2 atom stereocenters. The molecule has 38 heavy (non-hydrogen) atoms. The summed E-state index contributed by atoms with van der Waals surface area (Å²) >= 11 is 6.13. The summed E-state index contributed by atoms with van der Waals surface area (Å²) in [4.78, 5) is 29.8. The second-order valence-corrected chi connectivity index (χ2v) is 10.4. The summed E-state index contributed by atoms with van der Waals surface area (Å²) in [5.41, 5.74) is 5.14. The predicted molar refractivity (Wildman–Crippen MR) is 153 cm³/mol. The number of carbonyl (C=O) groups excluding carboxylic acids is 2. The first-order valence-corrected chi connectivity index (χ1v) is 13.7. The fourth-order valence-corrected chi connectivity index (χ4v) is 5.71. The van der Waals surface area contributed by atoms with Gasteiger partial charge in [-0.05, 0) is 66.3 Å². The molecular weight excluding hydrogens is 496 g/mol. The maximum Gasteiger partial charge on any atom is 0.227 e. The lowest BCUT2D eigenvalue weighted by molar-refractivity contribution is -0.119. The average Bonchev–Trinajstić information content (AvgIpc) is 3.08. The highest BCUT2D eigenvalue weighted by molar-refractivity contribution is 6.30. The van der Waals surface area contributed by atoms with Gasteiger partial charge < -0.3 is 10.1 Å². The summed E-state index contributed by atoms with van der Waals surface area (Å²) in [6.45, 7) is 2.13. The normalized spacial score (nSPS) is 18.8. The molecule has 2 aliphatic rings. The number of anilines is 2. The highest BCUT2D eigenvalue weighted by atomic mass is 35.5. The van der Waals surface area contributed by atoms with Crippen molar-refractivity contribution in [1.82, 2.24) is 0 Å². The zero-order chi connectivity index (χ0) is 26.6. The van der Waals surface area contributed by atoms with E-state index in [1.165, 1.54) is 0 Å². The van der Waals surface area contributed by atoms with Crippen molar-refractivity contribution in [3.05, 3.63) is 100 Å². The summed E-state index contributed by atoms with van der Waals surface area (Å²) in [7, 11) is 1.63. The Hall–Kier alpha value is -3.57. The third-order valence-corrected chi connectivity index (χ3v) is 7.78. The van der Waals surface area contributed by atoms with Crippen LogP contribution in [0.4, 0.5) is 11.4 Å². The number of ether oxygens (including phenoxy) is 1. The Balaban J connectivity index is 1.65. The Morgan fingerprint density at radius 2 is 1.68 bits per heavy atom. The van der Waals surface area contributed by atoms with E-state index in [1.807, 2.05) is 77.7 Å². The number of nitrogens with zero attached hydrogens (tertiary/aromatic N) is 1. The molecule has 1 N–H and O–H groups in total. The summed E-state index contributed by atoms with van der Waals surface area (Å²) < 4.78 is 5.40. The number of methoxy groups -OCH3 is 1. The van der Waals surface area contributed by atoms with E-state index in [-0.39, 0.29) is 17.6 Å². The van der Waals surface area contributed by atoms with Crippen molar-refractivity contribution in [3.63, 3.8) is 0 Å². The number of allylic oxidation sites excluding steroid dienone is 1. The quantitative estimate of drug-likeness (QED) is 0.317. The maximum atomic E-state index is 14.0. The molecule has 1 amide bonds. The molecule has 0 fully saturated rings. The fraction of sp³-hybridized carbons (Fsp3) is 0.312. The lowest BCUT2D eigenvalue weighted by Crippen LogP contribution is -2.38. The van der Waals surface area contributed by atoms with Gasteiger partial charge in [-0.25, -0.2) is 0 Å². The van der Waals surface area contributed by atoms with Gasteiger partial charge in [0.25, 0.3) is 0 Å². The van der Waals surface area contributed by atoms with Gasteiger partial charge in [-0.15, -0.1) is 0 Å². The largest absolute Gasteiger partial charge is 0.497 e. The molecule has 1 aliphatic heterocycles. The van der Waals surface area contributed by atoms with Crippen LogP contribution in [-0.4, -0.2) is 18.8 Å². The first kappa shape index (κ1) is 26.1. The fourth-order valence-electron chi connectivity index (χ4n) is 5.58. The number of rotatable bonds is 7. The van der Waals surface area contributed by atoms with Crippen LogP contribution in [0.1, 0.15) is 68.5 Å². The van der Waals surface area contributed by atoms with Gasteiger partial charge in [0.1, 0.15) is 5.75 Å². The monoisotopic (exact) mass is 528 g/mol. The first-order chi connectivity index (χ1) is 18.5. The molecule has 0 bridgehead atoms. The third kappa shape index (κ3) is 5.21. The number of fused-ring (bicyclic) bond motifs is 1. The minimum atomic E-state index is -0.528. The molecule has 6 heteroatoms. The van der Waals surface area contributed by atoms with Crippen molar-refractivity contribution < 1.29 is 14.3 Å². The van der Waals surface area contributed by atoms with Crippen molar-refractivity contribution in [1.29, 1.82) is 0 Å². The average molecular weight is 529 g/mol. The molecule has 5 nitrogen and oxygen atoms in total. The molecule has 0 saturated carbocycles. The number of unbranched alkanes of at least 4 members (excludes halogenated alkanes) is 2. The first-order valence-electron chi connectivity index (χ1n) is 13.3. The molecule has 2 unspecified atom stereocenters. The molecule has 1 heterocycles. The van der Waals surface area contributed by atoms with Gasteiger partial charge in [0.2, 0.25) is 5.91 Å². The van der Waals surface area contributed by atoms with Crippen LogP contribution in [0.25, 0.3) is 0 Å².